The van der Waals surface area contributed by atoms with Crippen molar-refractivity contribution in [2.45, 2.75) is 56.6 Å². The van der Waals surface area contributed by atoms with Crippen molar-refractivity contribution in [2.75, 3.05) is 6.54 Å². The molecular weight excluding hydrogens is 433 g/mol. The van der Waals surface area contributed by atoms with Gasteiger partial charge in [-0.3, -0.25) is 4.79 Å². The third-order valence-corrected chi connectivity index (χ3v) is 7.57. The van der Waals surface area contributed by atoms with Crippen LogP contribution in [0.15, 0.2) is 47.4 Å². The lowest BCUT2D eigenvalue weighted by atomic mass is 10.0. The zero-order valence-electron chi connectivity index (χ0n) is 17.9. The Hall–Kier alpha value is -2.85. The SMILES string of the molecule is CCCn1nnc2cc(S(=O)(=O)N3CCCC[C@@H]3C(=O)NCc3ccc(F)cc3)ccc21. The van der Waals surface area contributed by atoms with Gasteiger partial charge in [0.1, 0.15) is 17.4 Å². The molecule has 3 aromatic rings. The Morgan fingerprint density at radius 3 is 2.72 bits per heavy atom. The fourth-order valence-electron chi connectivity index (χ4n) is 3.99. The van der Waals surface area contributed by atoms with Crippen molar-refractivity contribution in [3.8, 4) is 0 Å². The summed E-state index contributed by atoms with van der Waals surface area (Å²) in [6.45, 7) is 3.21. The summed E-state index contributed by atoms with van der Waals surface area (Å²) in [5, 5.41) is 11.0. The maximum atomic E-state index is 13.4. The van der Waals surface area contributed by atoms with Gasteiger partial charge in [0, 0.05) is 19.6 Å². The van der Waals surface area contributed by atoms with Gasteiger partial charge in [0.15, 0.2) is 0 Å². The number of halogens is 1. The summed E-state index contributed by atoms with van der Waals surface area (Å²) in [5.41, 5.74) is 2.03. The van der Waals surface area contributed by atoms with E-state index in [-0.39, 0.29) is 29.7 Å². The highest BCUT2D eigenvalue weighted by Gasteiger charge is 2.37. The molecule has 32 heavy (non-hydrogen) atoms. The molecule has 1 aliphatic heterocycles. The average Bonchev–Trinajstić information content (AvgIpc) is 3.21. The standard InChI is InChI=1S/C22H26FN5O3S/c1-2-12-27-20-11-10-18(14-19(20)25-26-27)32(30,31)28-13-4-3-5-21(28)22(29)24-15-16-6-8-17(23)9-7-16/h6-11,14,21H,2-5,12-13,15H2,1H3,(H,24,29)/t21-/m1/s1. The van der Waals surface area contributed by atoms with Crippen molar-refractivity contribution in [3.63, 3.8) is 0 Å². The van der Waals surface area contributed by atoms with Crippen molar-refractivity contribution in [1.82, 2.24) is 24.6 Å². The highest BCUT2D eigenvalue weighted by molar-refractivity contribution is 7.89. The lowest BCUT2D eigenvalue weighted by molar-refractivity contribution is -0.125. The van der Waals surface area contributed by atoms with E-state index >= 15 is 0 Å². The highest BCUT2D eigenvalue weighted by Crippen LogP contribution is 2.27. The molecule has 2 aromatic carbocycles. The number of hydrogen-bond acceptors (Lipinski definition) is 5. The molecule has 0 saturated carbocycles. The number of carbonyl (C=O) groups is 1. The second-order valence-electron chi connectivity index (χ2n) is 7.93. The topological polar surface area (TPSA) is 97.2 Å². The van der Waals surface area contributed by atoms with Gasteiger partial charge in [-0.25, -0.2) is 17.5 Å². The highest BCUT2D eigenvalue weighted by atomic mass is 32.2. The number of aromatic nitrogens is 3. The molecule has 2 heterocycles. The van der Waals surface area contributed by atoms with Crippen LogP contribution in [0.25, 0.3) is 11.0 Å². The van der Waals surface area contributed by atoms with Crippen molar-refractivity contribution in [1.29, 1.82) is 0 Å². The van der Waals surface area contributed by atoms with Gasteiger partial charge in [0.25, 0.3) is 0 Å². The summed E-state index contributed by atoms with van der Waals surface area (Å²) in [7, 11) is -3.89. The molecule has 0 unspecified atom stereocenters. The van der Waals surface area contributed by atoms with Gasteiger partial charge in [-0.05, 0) is 55.2 Å². The Kier molecular flexibility index (Phi) is 6.52. The summed E-state index contributed by atoms with van der Waals surface area (Å²) >= 11 is 0. The fourth-order valence-corrected chi connectivity index (χ4v) is 5.67. The average molecular weight is 460 g/mol. The first-order chi connectivity index (χ1) is 15.4. The first kappa shape index (κ1) is 22.3. The van der Waals surface area contributed by atoms with E-state index in [1.165, 1.54) is 22.5 Å². The van der Waals surface area contributed by atoms with Gasteiger partial charge >= 0.3 is 0 Å². The van der Waals surface area contributed by atoms with Crippen molar-refractivity contribution < 1.29 is 17.6 Å². The predicted molar refractivity (Wildman–Crippen MR) is 118 cm³/mol. The van der Waals surface area contributed by atoms with Crippen molar-refractivity contribution in [3.05, 3.63) is 53.8 Å². The van der Waals surface area contributed by atoms with Crippen LogP contribution >= 0.6 is 0 Å². The minimum Gasteiger partial charge on any atom is -0.351 e. The molecule has 0 spiro atoms. The molecule has 10 heteroatoms. The summed E-state index contributed by atoms with van der Waals surface area (Å²) in [6, 6.07) is 9.82. The lowest BCUT2D eigenvalue weighted by Gasteiger charge is -2.33. The van der Waals surface area contributed by atoms with Crippen LogP contribution in [-0.2, 0) is 27.9 Å². The Morgan fingerprint density at radius 1 is 1.19 bits per heavy atom. The van der Waals surface area contributed by atoms with Crippen LogP contribution in [0.1, 0.15) is 38.2 Å². The number of amides is 1. The number of aryl methyl sites for hydroxylation is 1. The van der Waals surface area contributed by atoms with Gasteiger partial charge in [-0.2, -0.15) is 4.31 Å². The number of nitrogens with one attached hydrogen (secondary N) is 1. The molecule has 4 rings (SSSR count). The molecule has 0 bridgehead atoms. The number of rotatable bonds is 7. The maximum Gasteiger partial charge on any atom is 0.243 e. The molecule has 1 atom stereocenters. The van der Waals surface area contributed by atoms with Crippen LogP contribution in [-0.4, -0.2) is 46.2 Å². The molecule has 1 amide bonds. The van der Waals surface area contributed by atoms with Crippen LogP contribution in [0.2, 0.25) is 0 Å². The molecule has 1 aliphatic rings. The lowest BCUT2D eigenvalue weighted by Crippen LogP contribution is -2.51. The van der Waals surface area contributed by atoms with Crippen LogP contribution in [0, 0.1) is 5.82 Å². The maximum absolute atomic E-state index is 13.4. The summed E-state index contributed by atoms with van der Waals surface area (Å²) in [5.74, 6) is -0.705. The van der Waals surface area contributed by atoms with E-state index in [0.717, 1.165) is 23.9 Å². The minimum absolute atomic E-state index is 0.104. The van der Waals surface area contributed by atoms with E-state index in [2.05, 4.69) is 15.6 Å². The van der Waals surface area contributed by atoms with E-state index in [9.17, 15) is 17.6 Å². The third-order valence-electron chi connectivity index (χ3n) is 5.66. The second kappa shape index (κ2) is 9.33. The van der Waals surface area contributed by atoms with Crippen molar-refractivity contribution >= 4 is 27.0 Å². The van der Waals surface area contributed by atoms with Gasteiger partial charge < -0.3 is 5.32 Å². The van der Waals surface area contributed by atoms with E-state index in [1.54, 1.807) is 28.9 Å². The number of hydrogen-bond donors (Lipinski definition) is 1. The van der Waals surface area contributed by atoms with Gasteiger partial charge in [0.05, 0.1) is 10.4 Å². The number of fused-ring (bicyclic) bond motifs is 1. The molecule has 0 aliphatic carbocycles. The predicted octanol–water partition coefficient (Wildman–Crippen LogP) is 2.84. The summed E-state index contributed by atoms with van der Waals surface area (Å²) < 4.78 is 43.0. The number of carbonyl (C=O) groups excluding carboxylic acids is 1. The van der Waals surface area contributed by atoms with Crippen LogP contribution in [0.3, 0.4) is 0 Å². The number of piperidine rings is 1. The minimum atomic E-state index is -3.89. The van der Waals surface area contributed by atoms with E-state index in [4.69, 9.17) is 0 Å². The van der Waals surface area contributed by atoms with Crippen LogP contribution in [0.4, 0.5) is 4.39 Å². The van der Waals surface area contributed by atoms with Crippen molar-refractivity contribution in [2.24, 2.45) is 0 Å². The number of sulfonamides is 1. The van der Waals surface area contributed by atoms with Gasteiger partial charge in [0.2, 0.25) is 15.9 Å². The molecule has 1 N–H and O–H groups in total. The number of nitrogens with zero attached hydrogens (tertiary/aromatic N) is 4. The van der Waals surface area contributed by atoms with E-state index in [0.29, 0.717) is 24.9 Å². The number of benzene rings is 2. The summed E-state index contributed by atoms with van der Waals surface area (Å²) in [4.78, 5) is 13.0. The molecule has 8 nitrogen and oxygen atoms in total. The van der Waals surface area contributed by atoms with Gasteiger partial charge in [-0.1, -0.05) is 30.7 Å². The Labute approximate surface area is 186 Å². The first-order valence-corrected chi connectivity index (χ1v) is 12.2. The Morgan fingerprint density at radius 2 is 1.97 bits per heavy atom. The van der Waals surface area contributed by atoms with Crippen LogP contribution < -0.4 is 5.32 Å². The van der Waals surface area contributed by atoms with Gasteiger partial charge in [-0.15, -0.1) is 5.10 Å². The molecule has 0 radical (unpaired) electrons. The quantitative estimate of drug-likeness (QED) is 0.586. The largest absolute Gasteiger partial charge is 0.351 e. The van der Waals surface area contributed by atoms with E-state index < -0.39 is 16.1 Å². The van der Waals surface area contributed by atoms with Crippen LogP contribution in [0.5, 0.6) is 0 Å². The second-order valence-corrected chi connectivity index (χ2v) is 9.83. The molecule has 1 fully saturated rings. The smallest absolute Gasteiger partial charge is 0.243 e. The monoisotopic (exact) mass is 459 g/mol. The molecule has 1 aromatic heterocycles. The molecular formula is C22H26FN5O3S. The third kappa shape index (κ3) is 4.51. The zero-order chi connectivity index (χ0) is 22.7. The normalized spacial score (nSPS) is 17.5. The molecule has 1 saturated heterocycles. The Balaban J connectivity index is 1.54. The Bertz CT molecular complexity index is 1210. The fraction of sp³-hybridized carbons (Fsp3) is 0.409. The molecule has 170 valence electrons. The summed E-state index contributed by atoms with van der Waals surface area (Å²) in [6.07, 6.45) is 2.80. The van der Waals surface area contributed by atoms with E-state index in [1.807, 2.05) is 6.92 Å². The zero-order valence-corrected chi connectivity index (χ0v) is 18.7. The first-order valence-electron chi connectivity index (χ1n) is 10.8.